The van der Waals surface area contributed by atoms with Crippen LogP contribution in [0.2, 0.25) is 0 Å². The maximum atomic E-state index is 13.4. The predicted octanol–water partition coefficient (Wildman–Crippen LogP) is 4.50. The van der Waals surface area contributed by atoms with Gasteiger partial charge in [0.1, 0.15) is 0 Å². The van der Waals surface area contributed by atoms with Gasteiger partial charge in [0.15, 0.2) is 5.78 Å². The standard InChI is InChI=1S/C19H16F6N2O3/c1-10(28)11-4-3-5-12(8-11)16(29)27-15-7-6-13(26-2)9-14(15)17(30,18(20,21)22)19(23,24)25/h3-9,26,30H,1-2H3,(H,27,29). The number of Topliss-reactive ketones (excluding diaryl/α,β-unsaturated/α-hetero) is 1. The van der Waals surface area contributed by atoms with Crippen molar-refractivity contribution in [3.05, 3.63) is 59.2 Å². The second kappa shape index (κ2) is 7.98. The van der Waals surface area contributed by atoms with Crippen LogP contribution >= 0.6 is 0 Å². The molecule has 2 aromatic rings. The summed E-state index contributed by atoms with van der Waals surface area (Å²) in [5.74, 6) is -1.46. The number of carbonyl (C=O) groups excluding carboxylic acids is 2. The molecule has 0 aliphatic rings. The molecule has 0 unspecified atom stereocenters. The van der Waals surface area contributed by atoms with Crippen molar-refractivity contribution in [1.82, 2.24) is 0 Å². The molecule has 30 heavy (non-hydrogen) atoms. The highest BCUT2D eigenvalue weighted by molar-refractivity contribution is 6.06. The molecule has 2 aromatic carbocycles. The molecule has 162 valence electrons. The number of amides is 1. The Morgan fingerprint density at radius 2 is 1.47 bits per heavy atom. The maximum absolute atomic E-state index is 13.4. The fourth-order valence-electron chi connectivity index (χ4n) is 2.65. The van der Waals surface area contributed by atoms with Crippen LogP contribution < -0.4 is 10.6 Å². The normalized spacial score (nSPS) is 12.4. The monoisotopic (exact) mass is 434 g/mol. The highest BCUT2D eigenvalue weighted by Crippen LogP contribution is 2.52. The number of anilines is 2. The molecule has 0 aliphatic carbocycles. The van der Waals surface area contributed by atoms with Crippen LogP contribution in [-0.4, -0.2) is 36.2 Å². The van der Waals surface area contributed by atoms with Crippen molar-refractivity contribution < 1.29 is 41.0 Å². The van der Waals surface area contributed by atoms with E-state index in [4.69, 9.17) is 0 Å². The topological polar surface area (TPSA) is 78.4 Å². The summed E-state index contributed by atoms with van der Waals surface area (Å²) < 4.78 is 80.2. The molecule has 0 saturated heterocycles. The van der Waals surface area contributed by atoms with E-state index in [1.54, 1.807) is 0 Å². The number of benzene rings is 2. The molecule has 0 aliphatic heterocycles. The lowest BCUT2D eigenvalue weighted by Crippen LogP contribution is -2.54. The molecule has 1 amide bonds. The SMILES string of the molecule is CNc1ccc(NC(=O)c2cccc(C(C)=O)c2)c(C(O)(C(F)(F)F)C(F)(F)F)c1. The van der Waals surface area contributed by atoms with Gasteiger partial charge in [-0.2, -0.15) is 26.3 Å². The van der Waals surface area contributed by atoms with Crippen LogP contribution in [0.3, 0.4) is 0 Å². The van der Waals surface area contributed by atoms with Crippen LogP contribution in [0, 0.1) is 0 Å². The molecule has 0 radical (unpaired) electrons. The zero-order valence-electron chi connectivity index (χ0n) is 15.6. The number of nitrogens with one attached hydrogen (secondary N) is 2. The van der Waals surface area contributed by atoms with Gasteiger partial charge in [-0.05, 0) is 37.3 Å². The van der Waals surface area contributed by atoms with Gasteiger partial charge in [-0.3, -0.25) is 9.59 Å². The van der Waals surface area contributed by atoms with Gasteiger partial charge in [0.05, 0.1) is 0 Å². The number of aliphatic hydroxyl groups is 1. The van der Waals surface area contributed by atoms with Crippen molar-refractivity contribution in [2.24, 2.45) is 0 Å². The zero-order valence-corrected chi connectivity index (χ0v) is 15.6. The molecule has 0 spiro atoms. The lowest BCUT2D eigenvalue weighted by molar-refractivity contribution is -0.376. The van der Waals surface area contributed by atoms with Gasteiger partial charge in [0.2, 0.25) is 0 Å². The number of alkyl halides is 6. The summed E-state index contributed by atoms with van der Waals surface area (Å²) in [5.41, 5.74) is -7.95. The van der Waals surface area contributed by atoms with E-state index in [2.05, 4.69) is 5.32 Å². The molecule has 11 heteroatoms. The summed E-state index contributed by atoms with van der Waals surface area (Å²) in [6.07, 6.45) is -12.3. The number of halogens is 6. The predicted molar refractivity (Wildman–Crippen MR) is 96.4 cm³/mol. The lowest BCUT2D eigenvalue weighted by Gasteiger charge is -2.34. The van der Waals surface area contributed by atoms with Gasteiger partial charge in [0.25, 0.3) is 11.5 Å². The first kappa shape index (κ1) is 23.2. The van der Waals surface area contributed by atoms with Crippen LogP contribution in [0.4, 0.5) is 37.7 Å². The number of rotatable bonds is 5. The average molecular weight is 434 g/mol. The van der Waals surface area contributed by atoms with Gasteiger partial charge in [-0.15, -0.1) is 0 Å². The van der Waals surface area contributed by atoms with Crippen molar-refractivity contribution in [1.29, 1.82) is 0 Å². The van der Waals surface area contributed by atoms with Crippen LogP contribution in [0.15, 0.2) is 42.5 Å². The quantitative estimate of drug-likeness (QED) is 0.479. The number of hydrogen-bond donors (Lipinski definition) is 3. The first-order valence-corrected chi connectivity index (χ1v) is 8.33. The smallest absolute Gasteiger partial charge is 0.388 e. The second-order valence-corrected chi connectivity index (χ2v) is 6.31. The van der Waals surface area contributed by atoms with Crippen LogP contribution in [0.5, 0.6) is 0 Å². The average Bonchev–Trinajstić information content (AvgIpc) is 2.65. The fraction of sp³-hybridized carbons (Fsp3) is 0.263. The molecule has 0 atom stereocenters. The van der Waals surface area contributed by atoms with Gasteiger partial charge < -0.3 is 15.7 Å². The van der Waals surface area contributed by atoms with E-state index in [1.165, 1.54) is 32.2 Å². The fourth-order valence-corrected chi connectivity index (χ4v) is 2.65. The summed E-state index contributed by atoms with van der Waals surface area (Å²) in [6, 6.07) is 7.45. The third-order valence-corrected chi connectivity index (χ3v) is 4.30. The number of ketones is 1. The van der Waals surface area contributed by atoms with Gasteiger partial charge >= 0.3 is 12.4 Å². The molecule has 3 N–H and O–H groups in total. The van der Waals surface area contributed by atoms with E-state index in [0.717, 1.165) is 18.2 Å². The van der Waals surface area contributed by atoms with E-state index in [9.17, 15) is 41.0 Å². The Labute approximate surface area is 166 Å². The largest absolute Gasteiger partial charge is 0.430 e. The Balaban J connectivity index is 2.61. The van der Waals surface area contributed by atoms with E-state index in [0.29, 0.717) is 6.07 Å². The van der Waals surface area contributed by atoms with Crippen molar-refractivity contribution in [3.63, 3.8) is 0 Å². The zero-order chi connectivity index (χ0) is 22.9. The molecular weight excluding hydrogens is 418 g/mol. The lowest BCUT2D eigenvalue weighted by atomic mass is 9.90. The Kier molecular flexibility index (Phi) is 6.17. The van der Waals surface area contributed by atoms with Crippen molar-refractivity contribution >= 4 is 23.1 Å². The Bertz CT molecular complexity index is 955. The Hall–Kier alpha value is -3.08. The first-order valence-electron chi connectivity index (χ1n) is 8.33. The van der Waals surface area contributed by atoms with Crippen molar-refractivity contribution in [2.75, 3.05) is 17.7 Å². The molecular formula is C19H16F6N2O3. The molecule has 5 nitrogen and oxygen atoms in total. The summed E-state index contributed by atoms with van der Waals surface area (Å²) in [7, 11) is 1.25. The van der Waals surface area contributed by atoms with E-state index in [1.807, 2.05) is 5.32 Å². The third kappa shape index (κ3) is 4.25. The van der Waals surface area contributed by atoms with Crippen LogP contribution in [0.1, 0.15) is 33.2 Å². The van der Waals surface area contributed by atoms with E-state index < -0.39 is 40.9 Å². The van der Waals surface area contributed by atoms with Crippen LogP contribution in [0.25, 0.3) is 0 Å². The molecule has 0 aromatic heterocycles. The van der Waals surface area contributed by atoms with Gasteiger partial charge in [0, 0.05) is 35.1 Å². The summed E-state index contributed by atoms with van der Waals surface area (Å²) >= 11 is 0. The first-order chi connectivity index (χ1) is 13.7. The number of carbonyl (C=O) groups is 2. The highest BCUT2D eigenvalue weighted by atomic mass is 19.4. The summed E-state index contributed by atoms with van der Waals surface area (Å²) in [5, 5.41) is 14.1. The van der Waals surface area contributed by atoms with Crippen molar-refractivity contribution in [3.8, 4) is 0 Å². The second-order valence-electron chi connectivity index (χ2n) is 6.31. The van der Waals surface area contributed by atoms with E-state index >= 15 is 0 Å². The highest BCUT2D eigenvalue weighted by Gasteiger charge is 2.72. The van der Waals surface area contributed by atoms with Crippen molar-refractivity contribution in [2.45, 2.75) is 24.9 Å². The minimum atomic E-state index is -6.13. The maximum Gasteiger partial charge on any atom is 0.430 e. The molecule has 2 rings (SSSR count). The summed E-state index contributed by atoms with van der Waals surface area (Å²) in [4.78, 5) is 23.9. The van der Waals surface area contributed by atoms with Gasteiger partial charge in [-0.25, -0.2) is 0 Å². The van der Waals surface area contributed by atoms with E-state index in [-0.39, 0.29) is 16.8 Å². The van der Waals surface area contributed by atoms with Gasteiger partial charge in [-0.1, -0.05) is 12.1 Å². The Morgan fingerprint density at radius 1 is 0.900 bits per heavy atom. The molecule has 0 fully saturated rings. The third-order valence-electron chi connectivity index (χ3n) is 4.30. The molecule has 0 bridgehead atoms. The summed E-state index contributed by atoms with van der Waals surface area (Å²) in [6.45, 7) is 1.22. The minimum absolute atomic E-state index is 0.121. The van der Waals surface area contributed by atoms with Crippen LogP contribution in [-0.2, 0) is 5.60 Å². The minimum Gasteiger partial charge on any atom is -0.388 e. The molecule has 0 heterocycles. The number of hydrogen-bond acceptors (Lipinski definition) is 4. The molecule has 0 saturated carbocycles. The Morgan fingerprint density at radius 3 is 1.97 bits per heavy atom.